The number of benzene rings is 2. The van der Waals surface area contributed by atoms with Crippen molar-refractivity contribution in [1.29, 1.82) is 0 Å². The summed E-state index contributed by atoms with van der Waals surface area (Å²) in [5, 5.41) is 7.89. The largest absolute Gasteiger partial charge is 0.493 e. The number of aliphatic imine (C=N–C) groups is 1. The Kier molecular flexibility index (Phi) is 7.72. The molecule has 2 aromatic carbocycles. The number of methoxy groups -OCH3 is 2. The second-order valence-corrected chi connectivity index (χ2v) is 7.22. The summed E-state index contributed by atoms with van der Waals surface area (Å²) in [6.07, 6.45) is 0.816. The summed E-state index contributed by atoms with van der Waals surface area (Å²) in [5.74, 6) is 3.12. The summed E-state index contributed by atoms with van der Waals surface area (Å²) < 4.78 is 16.0. The number of hydrogen-bond acceptors (Lipinski definition) is 6. The molecule has 3 aromatic rings. The highest BCUT2D eigenvalue weighted by Gasteiger charge is 2.12. The third-order valence-electron chi connectivity index (χ3n) is 4.71. The van der Waals surface area contributed by atoms with Crippen molar-refractivity contribution < 1.29 is 14.0 Å². The third-order valence-corrected chi connectivity index (χ3v) is 4.94. The highest BCUT2D eigenvalue weighted by atomic mass is 35.5. The summed E-state index contributed by atoms with van der Waals surface area (Å²) in [6, 6.07) is 13.3. The normalized spacial score (nSPS) is 11.3. The van der Waals surface area contributed by atoms with Crippen molar-refractivity contribution in [3.63, 3.8) is 0 Å². The lowest BCUT2D eigenvalue weighted by Gasteiger charge is -2.21. The van der Waals surface area contributed by atoms with Crippen molar-refractivity contribution in [2.45, 2.75) is 13.0 Å². The number of likely N-dealkylation sites (N-methyl/N-ethyl adjacent to an activating group) is 1. The lowest BCUT2D eigenvalue weighted by atomic mass is 10.1. The molecule has 0 amide bonds. The van der Waals surface area contributed by atoms with Gasteiger partial charge in [-0.3, -0.25) is 4.99 Å². The number of rotatable bonds is 8. The molecule has 31 heavy (non-hydrogen) atoms. The van der Waals surface area contributed by atoms with Gasteiger partial charge < -0.3 is 24.2 Å². The van der Waals surface area contributed by atoms with Crippen molar-refractivity contribution in [1.82, 2.24) is 20.4 Å². The van der Waals surface area contributed by atoms with E-state index in [0.717, 1.165) is 35.8 Å². The third kappa shape index (κ3) is 5.88. The van der Waals surface area contributed by atoms with Gasteiger partial charge in [-0.1, -0.05) is 35.0 Å². The molecule has 1 heterocycles. The van der Waals surface area contributed by atoms with Gasteiger partial charge in [0.05, 0.1) is 20.8 Å². The molecule has 0 saturated heterocycles. The van der Waals surface area contributed by atoms with Crippen molar-refractivity contribution in [3.05, 3.63) is 58.9 Å². The Morgan fingerprint density at radius 2 is 1.97 bits per heavy atom. The van der Waals surface area contributed by atoms with E-state index in [-0.39, 0.29) is 0 Å². The van der Waals surface area contributed by atoms with E-state index in [2.05, 4.69) is 20.4 Å². The smallest absolute Gasteiger partial charge is 0.246 e. The molecule has 0 aliphatic heterocycles. The highest BCUT2D eigenvalue weighted by molar-refractivity contribution is 6.30. The Morgan fingerprint density at radius 1 is 1.16 bits per heavy atom. The molecule has 0 aliphatic rings. The number of aromatic nitrogens is 2. The summed E-state index contributed by atoms with van der Waals surface area (Å²) in [6.45, 7) is 1.12. The van der Waals surface area contributed by atoms with Crippen molar-refractivity contribution in [3.8, 4) is 22.9 Å². The van der Waals surface area contributed by atoms with Crippen LogP contribution in [0.5, 0.6) is 11.5 Å². The summed E-state index contributed by atoms with van der Waals surface area (Å²) in [5.41, 5.74) is 1.95. The first-order chi connectivity index (χ1) is 15.0. The minimum Gasteiger partial charge on any atom is -0.493 e. The van der Waals surface area contributed by atoms with Gasteiger partial charge >= 0.3 is 0 Å². The first-order valence-corrected chi connectivity index (χ1v) is 10.1. The molecular formula is C22H26ClN5O3. The first kappa shape index (κ1) is 22.4. The van der Waals surface area contributed by atoms with Crippen LogP contribution in [0.2, 0.25) is 5.02 Å². The van der Waals surface area contributed by atoms with E-state index in [0.29, 0.717) is 29.0 Å². The molecule has 0 bridgehead atoms. The van der Waals surface area contributed by atoms with E-state index in [9.17, 15) is 0 Å². The van der Waals surface area contributed by atoms with E-state index in [1.54, 1.807) is 33.4 Å². The van der Waals surface area contributed by atoms with Crippen LogP contribution in [0, 0.1) is 0 Å². The van der Waals surface area contributed by atoms with Gasteiger partial charge in [-0.25, -0.2) is 0 Å². The zero-order valence-electron chi connectivity index (χ0n) is 18.1. The predicted octanol–water partition coefficient (Wildman–Crippen LogP) is 3.66. The number of nitrogens with zero attached hydrogens (tertiary/aromatic N) is 4. The van der Waals surface area contributed by atoms with Gasteiger partial charge in [0, 0.05) is 31.2 Å². The number of guanidine groups is 1. The average Bonchev–Trinajstić information content (AvgIpc) is 3.27. The van der Waals surface area contributed by atoms with Crippen LogP contribution in [0.15, 0.2) is 52.0 Å². The molecule has 0 atom stereocenters. The van der Waals surface area contributed by atoms with Crippen molar-refractivity contribution in [2.24, 2.45) is 4.99 Å². The zero-order chi connectivity index (χ0) is 22.2. The second kappa shape index (κ2) is 10.7. The van der Waals surface area contributed by atoms with Gasteiger partial charge in [0.2, 0.25) is 11.7 Å². The minimum atomic E-state index is 0.362. The van der Waals surface area contributed by atoms with Crippen molar-refractivity contribution >= 4 is 17.6 Å². The average molecular weight is 444 g/mol. The quantitative estimate of drug-likeness (QED) is 0.420. The number of nitrogens with one attached hydrogen (secondary N) is 1. The summed E-state index contributed by atoms with van der Waals surface area (Å²) in [7, 11) is 6.97. The fourth-order valence-electron chi connectivity index (χ4n) is 3.05. The van der Waals surface area contributed by atoms with Crippen LogP contribution >= 0.6 is 11.6 Å². The maximum Gasteiger partial charge on any atom is 0.246 e. The van der Waals surface area contributed by atoms with Crippen LogP contribution in [-0.2, 0) is 13.0 Å². The standard InChI is InChI=1S/C22H26ClN5O3/c1-24-22(28(2)11-10-15-8-9-18(29-3)19(12-15)30-4)25-14-20-26-21(27-31-20)16-6-5-7-17(23)13-16/h5-9,12-13H,10-11,14H2,1-4H3,(H,24,25). The van der Waals surface area contributed by atoms with Crippen LogP contribution in [0.3, 0.4) is 0 Å². The maximum atomic E-state index is 6.03. The summed E-state index contributed by atoms with van der Waals surface area (Å²) >= 11 is 6.03. The number of hydrogen-bond donors (Lipinski definition) is 1. The molecule has 0 saturated carbocycles. The molecule has 3 rings (SSSR count). The van der Waals surface area contributed by atoms with Gasteiger partial charge in [0.15, 0.2) is 17.5 Å². The topological polar surface area (TPSA) is 85.0 Å². The monoisotopic (exact) mass is 443 g/mol. The van der Waals surface area contributed by atoms with Gasteiger partial charge in [0.25, 0.3) is 0 Å². The predicted molar refractivity (Wildman–Crippen MR) is 121 cm³/mol. The van der Waals surface area contributed by atoms with E-state index >= 15 is 0 Å². The molecule has 0 unspecified atom stereocenters. The first-order valence-electron chi connectivity index (χ1n) is 9.75. The Bertz CT molecular complexity index is 1040. The SMILES string of the molecule is CN=C(NCc1nc(-c2cccc(Cl)c2)no1)N(C)CCc1ccc(OC)c(OC)c1. The highest BCUT2D eigenvalue weighted by Crippen LogP contribution is 2.27. The van der Waals surface area contributed by atoms with Crippen LogP contribution in [-0.4, -0.2) is 55.9 Å². The Hall–Kier alpha value is -3.26. The van der Waals surface area contributed by atoms with E-state index in [4.69, 9.17) is 25.6 Å². The van der Waals surface area contributed by atoms with Crippen LogP contribution in [0.1, 0.15) is 11.5 Å². The fraction of sp³-hybridized carbons (Fsp3) is 0.318. The van der Waals surface area contributed by atoms with Crippen LogP contribution in [0.4, 0.5) is 0 Å². The number of halogens is 1. The van der Waals surface area contributed by atoms with Gasteiger partial charge in [-0.05, 0) is 36.2 Å². The molecular weight excluding hydrogens is 418 g/mol. The lowest BCUT2D eigenvalue weighted by Crippen LogP contribution is -2.39. The molecule has 164 valence electrons. The van der Waals surface area contributed by atoms with Gasteiger partial charge in [0.1, 0.15) is 0 Å². The lowest BCUT2D eigenvalue weighted by molar-refractivity contribution is 0.354. The van der Waals surface area contributed by atoms with Crippen molar-refractivity contribution in [2.75, 3.05) is 34.9 Å². The molecule has 1 aromatic heterocycles. The molecule has 0 aliphatic carbocycles. The summed E-state index contributed by atoms with van der Waals surface area (Å²) in [4.78, 5) is 10.8. The van der Waals surface area contributed by atoms with Gasteiger partial charge in [-0.2, -0.15) is 4.98 Å². The molecule has 0 radical (unpaired) electrons. The van der Waals surface area contributed by atoms with Crippen LogP contribution in [0.25, 0.3) is 11.4 Å². The second-order valence-electron chi connectivity index (χ2n) is 6.78. The van der Waals surface area contributed by atoms with Gasteiger partial charge in [-0.15, -0.1) is 0 Å². The minimum absolute atomic E-state index is 0.362. The Morgan fingerprint density at radius 3 is 2.68 bits per heavy atom. The maximum absolute atomic E-state index is 6.03. The fourth-order valence-corrected chi connectivity index (χ4v) is 3.24. The molecule has 1 N–H and O–H groups in total. The molecule has 8 nitrogen and oxygen atoms in total. The van der Waals surface area contributed by atoms with Crippen LogP contribution < -0.4 is 14.8 Å². The van der Waals surface area contributed by atoms with E-state index in [1.807, 2.05) is 42.3 Å². The number of ether oxygens (including phenoxy) is 2. The van der Waals surface area contributed by atoms with E-state index < -0.39 is 0 Å². The zero-order valence-corrected chi connectivity index (χ0v) is 18.8. The molecule has 0 fully saturated rings. The van der Waals surface area contributed by atoms with E-state index in [1.165, 1.54) is 0 Å². The Labute approximate surface area is 186 Å². The Balaban J connectivity index is 1.55. The molecule has 0 spiro atoms. The molecule has 9 heteroatoms.